The monoisotopic (exact) mass is 766 g/mol. The number of piperidine rings is 1. The number of nitrogens with zero attached hydrogens (tertiary/aromatic N) is 3. The van der Waals surface area contributed by atoms with Gasteiger partial charge in [0.15, 0.2) is 17.1 Å². The van der Waals surface area contributed by atoms with Gasteiger partial charge in [0.25, 0.3) is 0 Å². The first-order valence-corrected chi connectivity index (χ1v) is 16.6. The smallest absolute Gasteiger partial charge is 0.383 e. The first kappa shape index (κ1) is 22.0. The lowest BCUT2D eigenvalue weighted by Crippen LogP contribution is -2.48. The van der Waals surface area contributed by atoms with Crippen molar-refractivity contribution >= 4 is 28.6 Å². The number of ether oxygens (including phenoxy) is 1. The molecule has 0 bridgehead atoms. The maximum Gasteiger partial charge on any atom is 0.416 e. The Bertz CT molecular complexity index is 2910. The van der Waals surface area contributed by atoms with Gasteiger partial charge in [-0.15, -0.1) is 11.8 Å². The van der Waals surface area contributed by atoms with Crippen LogP contribution in [0.1, 0.15) is 58.3 Å². The molecule has 5 aromatic rings. The summed E-state index contributed by atoms with van der Waals surface area (Å²) in [5, 5.41) is -1.45. The number of carbonyl (C=O) groups excluding carboxylic acids is 1. The molecule has 0 spiro atoms. The number of fused-ring (bicyclic) bond motifs is 1. The summed E-state index contributed by atoms with van der Waals surface area (Å²) in [7, 11) is 0.784. The number of likely N-dealkylation sites (tertiary alicyclic amines) is 1. The van der Waals surface area contributed by atoms with Crippen LogP contribution in [0.2, 0.25) is 0 Å². The third-order valence-electron chi connectivity index (χ3n) is 7.70. The van der Waals surface area contributed by atoms with E-state index < -0.39 is 149 Å². The van der Waals surface area contributed by atoms with Crippen LogP contribution < -0.4 is 5.43 Å². The van der Waals surface area contributed by atoms with Gasteiger partial charge < -0.3 is 19.1 Å². The number of carbonyl (C=O) groups is 1. The molecule has 53 heavy (non-hydrogen) atoms. The number of rotatable bonds is 12. The van der Waals surface area contributed by atoms with Gasteiger partial charge in [-0.2, -0.15) is 13.2 Å². The lowest BCUT2D eigenvalue weighted by atomic mass is 10.00. The van der Waals surface area contributed by atoms with E-state index in [-0.39, 0.29) is 27.2 Å². The van der Waals surface area contributed by atoms with Crippen molar-refractivity contribution in [2.45, 2.75) is 55.7 Å². The number of thioether (sulfide) groups is 1. The van der Waals surface area contributed by atoms with E-state index in [1.807, 2.05) is 0 Å². The van der Waals surface area contributed by atoms with Gasteiger partial charge in [-0.1, -0.05) is 60.1 Å². The van der Waals surface area contributed by atoms with Crippen LogP contribution in [0.15, 0.2) is 101 Å². The van der Waals surface area contributed by atoms with E-state index in [0.717, 1.165) is 73.8 Å². The van der Waals surface area contributed by atoms with Crippen LogP contribution in [0.4, 0.5) is 22.0 Å². The van der Waals surface area contributed by atoms with E-state index in [1.54, 1.807) is 0 Å². The molecule has 0 aliphatic carbocycles. The van der Waals surface area contributed by atoms with Crippen molar-refractivity contribution < 1.29 is 54.8 Å². The van der Waals surface area contributed by atoms with Crippen molar-refractivity contribution in [3.05, 3.63) is 135 Å². The Hall–Kier alpha value is -4.52. The van der Waals surface area contributed by atoms with Crippen molar-refractivity contribution in [2.24, 2.45) is 0 Å². The number of aromatic nitrogens is 1. The normalized spacial score (nSPS) is 23.8. The van der Waals surface area contributed by atoms with Gasteiger partial charge in [-0.25, -0.2) is 8.78 Å². The predicted octanol–water partition coefficient (Wildman–Crippen LogP) is 8.71. The fourth-order valence-corrected chi connectivity index (χ4v) is 6.04. The average Bonchev–Trinajstić information content (AvgIpc) is 3.28. The zero-order valence-corrected chi connectivity index (χ0v) is 28.7. The summed E-state index contributed by atoms with van der Waals surface area (Å²) in [4.78, 5) is 28.7. The second-order valence-corrected chi connectivity index (χ2v) is 12.3. The van der Waals surface area contributed by atoms with Crippen LogP contribution in [0.3, 0.4) is 0 Å². The summed E-state index contributed by atoms with van der Waals surface area (Å²) in [6.45, 7) is -16.9. The standard InChI is InChI=1S/C41H40F5N3O3S/c1-27-6-15-36-34(22-27)37(50)23-39(53-26-31-4-3-5-35(42)40(31)43)49(36)25-38(51)48(33-16-18-47(19-17-33)20-21-52-2)24-28-7-9-29(10-8-28)30-11-13-32(14-12-30)41(44,45)46/h3-15,22-23,33H,16-21,24-26H2,1-2H3/i6D,15D,16D2,17D2,18D2,19D2,21D2,22D,23D,24D2,33D. The average molecular weight is 767 g/mol. The number of hydrogen-bond donors (Lipinski definition) is 0. The third kappa shape index (κ3) is 9.17. The third-order valence-corrected chi connectivity index (χ3v) is 8.75. The van der Waals surface area contributed by atoms with Gasteiger partial charge in [0.05, 0.1) is 35.0 Å². The van der Waals surface area contributed by atoms with Crippen LogP contribution in [0.5, 0.6) is 0 Å². The summed E-state index contributed by atoms with van der Waals surface area (Å²) in [6, 6.07) is 2.88. The Morgan fingerprint density at radius 1 is 1.04 bits per heavy atom. The SMILES string of the molecule is [2H]c1c(C)c([2H])c2c(=O)c([2H])c(SCc3cccc(F)c3F)n(CC(=O)N(C([2H])([2H])c3ccc(-c4ccc(C(F)(F)F)cc4)cc3)C3([2H])C([2H])([2H])C([2H])([2H])N(CC([2H])([2H])OC)C([2H])([2H])C3([2H])[2H])c2c1[2H]. The summed E-state index contributed by atoms with van der Waals surface area (Å²) in [6.07, 6.45) is -13.4. The fraction of sp³-hybridized carbons (Fsp3) is 0.317. The highest BCUT2D eigenvalue weighted by atomic mass is 32.2. The molecule has 0 saturated carbocycles. The first-order chi connectivity index (χ1) is 32.0. The minimum absolute atomic E-state index is 0.126. The number of pyridine rings is 1. The van der Waals surface area contributed by atoms with Crippen LogP contribution in [-0.2, 0) is 34.5 Å². The zero-order chi connectivity index (χ0) is 52.9. The van der Waals surface area contributed by atoms with Crippen LogP contribution in [0, 0.1) is 18.6 Å². The molecule has 6 rings (SSSR count). The van der Waals surface area contributed by atoms with E-state index in [9.17, 15) is 36.3 Å². The van der Waals surface area contributed by atoms with Crippen LogP contribution in [-0.4, -0.2) is 59.5 Å². The second-order valence-electron chi connectivity index (χ2n) is 11.3. The Kier molecular flexibility index (Phi) is 6.91. The van der Waals surface area contributed by atoms with Crippen LogP contribution in [0.25, 0.3) is 22.0 Å². The fourth-order valence-electron chi connectivity index (χ4n) is 5.05. The lowest BCUT2D eigenvalue weighted by molar-refractivity contribution is -0.137. The lowest BCUT2D eigenvalue weighted by Gasteiger charge is -2.39. The van der Waals surface area contributed by atoms with Crippen molar-refractivity contribution in [3.63, 3.8) is 0 Å². The molecular weight excluding hydrogens is 710 g/mol. The Balaban J connectivity index is 1.65. The maximum absolute atomic E-state index is 15.5. The molecule has 1 amide bonds. The molecule has 1 fully saturated rings. The largest absolute Gasteiger partial charge is 0.416 e. The molecule has 1 saturated heterocycles. The van der Waals surface area contributed by atoms with Gasteiger partial charge in [-0.3, -0.25) is 9.59 Å². The van der Waals surface area contributed by atoms with Crippen molar-refractivity contribution in [1.82, 2.24) is 14.4 Å². The molecule has 1 aliphatic rings. The highest BCUT2D eigenvalue weighted by Crippen LogP contribution is 2.32. The van der Waals surface area contributed by atoms with Crippen molar-refractivity contribution in [2.75, 3.05) is 33.2 Å². The van der Waals surface area contributed by atoms with Crippen molar-refractivity contribution in [3.8, 4) is 11.1 Å². The molecule has 1 aliphatic heterocycles. The number of benzene rings is 4. The second kappa shape index (κ2) is 16.7. The summed E-state index contributed by atoms with van der Waals surface area (Å²) < 4.78 is 228. The topological polar surface area (TPSA) is 54.8 Å². The number of hydrogen-bond acceptors (Lipinski definition) is 5. The van der Waals surface area contributed by atoms with Crippen LogP contribution >= 0.6 is 11.8 Å². The molecule has 6 nitrogen and oxygen atoms in total. The molecule has 0 radical (unpaired) electrons. The Morgan fingerprint density at radius 2 is 1.72 bits per heavy atom. The Labute approximate surface area is 333 Å². The van der Waals surface area contributed by atoms with E-state index >= 15 is 4.79 Å². The van der Waals surface area contributed by atoms with Gasteiger partial charge in [-0.05, 0) is 66.6 Å². The highest BCUT2D eigenvalue weighted by Gasteiger charge is 2.31. The first-order valence-electron chi connectivity index (χ1n) is 24.1. The molecule has 2 heterocycles. The van der Waals surface area contributed by atoms with E-state index in [2.05, 4.69) is 4.74 Å². The zero-order valence-electron chi connectivity index (χ0n) is 44.8. The van der Waals surface area contributed by atoms with Crippen molar-refractivity contribution in [1.29, 1.82) is 0 Å². The number of alkyl halides is 3. The highest BCUT2D eigenvalue weighted by molar-refractivity contribution is 7.98. The summed E-state index contributed by atoms with van der Waals surface area (Å²) in [5.74, 6) is -5.28. The van der Waals surface area contributed by atoms with E-state index in [4.69, 9.17) is 13.7 Å². The van der Waals surface area contributed by atoms with Gasteiger partial charge >= 0.3 is 6.18 Å². The summed E-state index contributed by atoms with van der Waals surface area (Å²) >= 11 is 0.371. The molecular formula is C41H40F5N3O3S. The predicted molar refractivity (Wildman–Crippen MR) is 198 cm³/mol. The number of amides is 1. The van der Waals surface area contributed by atoms with Gasteiger partial charge in [0.1, 0.15) is 6.54 Å². The molecule has 12 heteroatoms. The minimum atomic E-state index is -4.70. The van der Waals surface area contributed by atoms with Gasteiger partial charge in [0, 0.05) is 72.9 Å². The molecule has 0 unspecified atom stereocenters. The van der Waals surface area contributed by atoms with E-state index in [0.29, 0.717) is 16.3 Å². The molecule has 0 atom stereocenters. The number of halogens is 5. The summed E-state index contributed by atoms with van der Waals surface area (Å²) in [5.41, 5.74) is -4.16. The Morgan fingerprint density at radius 3 is 2.38 bits per heavy atom. The quantitative estimate of drug-likeness (QED) is 0.0940. The molecule has 0 N–H and O–H groups in total. The number of methoxy groups -OCH3 is 1. The molecule has 4 aromatic carbocycles. The maximum atomic E-state index is 15.5. The molecule has 278 valence electrons. The van der Waals surface area contributed by atoms with E-state index in [1.165, 1.54) is 6.92 Å². The minimum Gasteiger partial charge on any atom is -0.383 e. The van der Waals surface area contributed by atoms with Gasteiger partial charge in [0.2, 0.25) is 5.91 Å². The molecule has 1 aromatic heterocycles.